The fourth-order valence-corrected chi connectivity index (χ4v) is 1.36. The van der Waals surface area contributed by atoms with Crippen molar-refractivity contribution in [1.82, 2.24) is 0 Å². The molecule has 3 heteroatoms. The van der Waals surface area contributed by atoms with Crippen LogP contribution in [0.4, 0.5) is 13.2 Å². The molecule has 0 atom stereocenters. The Morgan fingerprint density at radius 3 is 2.07 bits per heavy atom. The molecule has 0 aromatic heterocycles. The number of aryl methyl sites for hydroxylation is 1. The second-order valence-corrected chi connectivity index (χ2v) is 3.73. The van der Waals surface area contributed by atoms with E-state index in [1.54, 1.807) is 12.1 Å². The summed E-state index contributed by atoms with van der Waals surface area (Å²) in [6, 6.07) is 4.30. The molecule has 0 saturated carbocycles. The van der Waals surface area contributed by atoms with Gasteiger partial charge in [0.15, 0.2) is 0 Å². The van der Waals surface area contributed by atoms with Crippen molar-refractivity contribution >= 4 is 0 Å². The minimum absolute atomic E-state index is 0.260. The summed E-state index contributed by atoms with van der Waals surface area (Å²) in [6.07, 6.45) is -4.24. The summed E-state index contributed by atoms with van der Waals surface area (Å²) in [5.74, 6) is 0.260. The molecular weight excluding hydrogens is 189 g/mol. The number of rotatable bonds is 1. The van der Waals surface area contributed by atoms with Crippen molar-refractivity contribution in [1.29, 1.82) is 0 Å². The maximum absolute atomic E-state index is 12.4. The number of alkyl halides is 3. The van der Waals surface area contributed by atoms with Gasteiger partial charge in [-0.1, -0.05) is 26.0 Å². The van der Waals surface area contributed by atoms with Crippen LogP contribution in [0.15, 0.2) is 18.2 Å². The number of hydrogen-bond acceptors (Lipinski definition) is 0. The quantitative estimate of drug-likeness (QED) is 0.642. The van der Waals surface area contributed by atoms with Gasteiger partial charge in [0.25, 0.3) is 0 Å². The average molecular weight is 202 g/mol. The summed E-state index contributed by atoms with van der Waals surface area (Å²) >= 11 is 0. The number of benzene rings is 1. The van der Waals surface area contributed by atoms with Crippen LogP contribution >= 0.6 is 0 Å². The molecule has 0 spiro atoms. The Morgan fingerprint density at radius 1 is 1.14 bits per heavy atom. The molecule has 0 unspecified atom stereocenters. The van der Waals surface area contributed by atoms with E-state index in [4.69, 9.17) is 0 Å². The molecule has 78 valence electrons. The van der Waals surface area contributed by atoms with Crippen LogP contribution in [0, 0.1) is 6.92 Å². The fraction of sp³-hybridized carbons (Fsp3) is 0.455. The van der Waals surface area contributed by atoms with Crippen LogP contribution < -0.4 is 0 Å². The van der Waals surface area contributed by atoms with Gasteiger partial charge in [0.2, 0.25) is 0 Å². The summed E-state index contributed by atoms with van der Waals surface area (Å²) in [5.41, 5.74) is 0.695. The first-order valence-electron chi connectivity index (χ1n) is 4.50. The highest BCUT2D eigenvalue weighted by Gasteiger charge is 2.32. The van der Waals surface area contributed by atoms with Gasteiger partial charge in [-0.25, -0.2) is 0 Å². The molecule has 0 fully saturated rings. The maximum atomic E-state index is 12.4. The third kappa shape index (κ3) is 2.28. The van der Waals surface area contributed by atoms with Gasteiger partial charge in [0.05, 0.1) is 5.56 Å². The van der Waals surface area contributed by atoms with E-state index in [1.165, 1.54) is 6.92 Å². The largest absolute Gasteiger partial charge is 0.416 e. The smallest absolute Gasteiger partial charge is 0.166 e. The Kier molecular flexibility index (Phi) is 2.88. The predicted molar refractivity (Wildman–Crippen MR) is 50.3 cm³/mol. The van der Waals surface area contributed by atoms with E-state index in [0.29, 0.717) is 5.56 Å². The molecule has 0 radical (unpaired) electrons. The number of hydrogen-bond donors (Lipinski definition) is 0. The third-order valence-electron chi connectivity index (χ3n) is 2.22. The van der Waals surface area contributed by atoms with Crippen molar-refractivity contribution < 1.29 is 13.2 Å². The van der Waals surface area contributed by atoms with E-state index < -0.39 is 11.7 Å². The highest BCUT2D eigenvalue weighted by atomic mass is 19.4. The lowest BCUT2D eigenvalue weighted by Crippen LogP contribution is -2.07. The zero-order chi connectivity index (χ0) is 10.9. The van der Waals surface area contributed by atoms with E-state index in [9.17, 15) is 13.2 Å². The zero-order valence-electron chi connectivity index (χ0n) is 8.44. The van der Waals surface area contributed by atoms with Crippen molar-refractivity contribution in [3.05, 3.63) is 34.9 Å². The number of halogens is 3. The van der Waals surface area contributed by atoms with Crippen molar-refractivity contribution in [3.8, 4) is 0 Å². The molecule has 0 nitrogen and oxygen atoms in total. The summed E-state index contributed by atoms with van der Waals surface area (Å²) in [6.45, 7) is 5.42. The van der Waals surface area contributed by atoms with Crippen molar-refractivity contribution in [2.24, 2.45) is 0 Å². The van der Waals surface area contributed by atoms with E-state index in [-0.39, 0.29) is 5.92 Å². The van der Waals surface area contributed by atoms with Gasteiger partial charge in [0, 0.05) is 0 Å². The lowest BCUT2D eigenvalue weighted by atomic mass is 9.98. The van der Waals surface area contributed by atoms with Crippen LogP contribution in [-0.2, 0) is 6.18 Å². The Balaban J connectivity index is 3.15. The van der Waals surface area contributed by atoms with Gasteiger partial charge in [-0.05, 0) is 30.0 Å². The van der Waals surface area contributed by atoms with Gasteiger partial charge in [0.1, 0.15) is 0 Å². The van der Waals surface area contributed by atoms with E-state index in [2.05, 4.69) is 0 Å². The van der Waals surface area contributed by atoms with Gasteiger partial charge in [-0.2, -0.15) is 13.2 Å². The minimum Gasteiger partial charge on any atom is -0.166 e. The van der Waals surface area contributed by atoms with Crippen LogP contribution in [-0.4, -0.2) is 0 Å². The molecular formula is C11H13F3. The first-order chi connectivity index (χ1) is 6.32. The molecule has 0 aliphatic carbocycles. The topological polar surface area (TPSA) is 0 Å². The molecule has 1 rings (SSSR count). The summed E-state index contributed by atoms with van der Waals surface area (Å²) < 4.78 is 37.1. The Hall–Kier alpha value is -0.990. The lowest BCUT2D eigenvalue weighted by Gasteiger charge is -2.13. The summed E-state index contributed by atoms with van der Waals surface area (Å²) in [7, 11) is 0. The second kappa shape index (κ2) is 3.64. The molecule has 0 aliphatic heterocycles. The molecule has 14 heavy (non-hydrogen) atoms. The summed E-state index contributed by atoms with van der Waals surface area (Å²) in [4.78, 5) is 0. The second-order valence-electron chi connectivity index (χ2n) is 3.73. The van der Waals surface area contributed by atoms with Crippen molar-refractivity contribution in [2.45, 2.75) is 32.9 Å². The van der Waals surface area contributed by atoms with Gasteiger partial charge >= 0.3 is 6.18 Å². The molecule has 0 N–H and O–H groups in total. The molecule has 0 saturated heterocycles. The van der Waals surface area contributed by atoms with E-state index >= 15 is 0 Å². The fourth-order valence-electron chi connectivity index (χ4n) is 1.36. The SMILES string of the molecule is Cc1cc(C(C)C)ccc1C(F)(F)F. The first-order valence-corrected chi connectivity index (χ1v) is 4.50. The Labute approximate surface area is 81.8 Å². The Bertz CT molecular complexity index is 324. The third-order valence-corrected chi connectivity index (χ3v) is 2.22. The predicted octanol–water partition coefficient (Wildman–Crippen LogP) is 4.14. The molecule has 1 aromatic rings. The minimum atomic E-state index is -4.24. The lowest BCUT2D eigenvalue weighted by molar-refractivity contribution is -0.138. The molecule has 0 heterocycles. The van der Waals surface area contributed by atoms with Gasteiger partial charge < -0.3 is 0 Å². The zero-order valence-corrected chi connectivity index (χ0v) is 8.44. The highest BCUT2D eigenvalue weighted by Crippen LogP contribution is 2.32. The van der Waals surface area contributed by atoms with Gasteiger partial charge in [-0.15, -0.1) is 0 Å². The summed E-state index contributed by atoms with van der Waals surface area (Å²) in [5, 5.41) is 0. The normalized spacial score (nSPS) is 12.2. The van der Waals surface area contributed by atoms with Crippen LogP contribution in [0.5, 0.6) is 0 Å². The Morgan fingerprint density at radius 2 is 1.71 bits per heavy atom. The maximum Gasteiger partial charge on any atom is 0.416 e. The molecule has 0 amide bonds. The molecule has 0 aliphatic rings. The van der Waals surface area contributed by atoms with Crippen LogP contribution in [0.1, 0.15) is 36.5 Å². The monoisotopic (exact) mass is 202 g/mol. The van der Waals surface area contributed by atoms with Crippen LogP contribution in [0.3, 0.4) is 0 Å². The van der Waals surface area contributed by atoms with Crippen molar-refractivity contribution in [2.75, 3.05) is 0 Å². The highest BCUT2D eigenvalue weighted by molar-refractivity contribution is 5.34. The van der Waals surface area contributed by atoms with Crippen molar-refractivity contribution in [3.63, 3.8) is 0 Å². The van der Waals surface area contributed by atoms with E-state index in [1.807, 2.05) is 13.8 Å². The standard InChI is InChI=1S/C11H13F3/c1-7(2)9-4-5-10(8(3)6-9)11(12,13)14/h4-7H,1-3H3. The van der Waals surface area contributed by atoms with Gasteiger partial charge in [-0.3, -0.25) is 0 Å². The van der Waals surface area contributed by atoms with Crippen LogP contribution in [0.2, 0.25) is 0 Å². The molecule has 1 aromatic carbocycles. The van der Waals surface area contributed by atoms with Crippen LogP contribution in [0.25, 0.3) is 0 Å². The average Bonchev–Trinajstić information content (AvgIpc) is 2.01. The molecule has 0 bridgehead atoms. The van der Waals surface area contributed by atoms with E-state index in [0.717, 1.165) is 11.6 Å². The first kappa shape index (κ1) is 11.1.